The van der Waals surface area contributed by atoms with Crippen molar-refractivity contribution in [1.82, 2.24) is 9.62 Å². The summed E-state index contributed by atoms with van der Waals surface area (Å²) in [6, 6.07) is 14.0. The van der Waals surface area contributed by atoms with E-state index in [0.717, 1.165) is 11.6 Å². The van der Waals surface area contributed by atoms with Gasteiger partial charge < -0.3 is 4.90 Å². The molecule has 2 aromatic carbocycles. The molecule has 0 saturated carbocycles. The third-order valence-corrected chi connectivity index (χ3v) is 6.07. The third kappa shape index (κ3) is 4.43. The molecule has 0 spiro atoms. The van der Waals surface area contributed by atoms with Crippen LogP contribution in [-0.4, -0.2) is 38.4 Å². The number of nitrogens with one attached hydrogen (secondary N) is 1. The van der Waals surface area contributed by atoms with Crippen LogP contribution < -0.4 is 4.72 Å². The first-order valence-electron chi connectivity index (χ1n) is 8.68. The summed E-state index contributed by atoms with van der Waals surface area (Å²) in [4.78, 5) is 13.7. The lowest BCUT2D eigenvalue weighted by molar-refractivity contribution is -0.132. The molecule has 1 aliphatic rings. The molecular weight excluding hydrogens is 367 g/mol. The second-order valence-electron chi connectivity index (χ2n) is 6.40. The number of benzene rings is 2. The largest absolute Gasteiger partial charge is 0.337 e. The topological polar surface area (TPSA) is 66.5 Å². The van der Waals surface area contributed by atoms with Crippen molar-refractivity contribution in [1.29, 1.82) is 0 Å². The van der Waals surface area contributed by atoms with Crippen LogP contribution >= 0.6 is 0 Å². The number of carbonyl (C=O) groups excluding carboxylic acids is 1. The van der Waals surface area contributed by atoms with E-state index >= 15 is 0 Å². The van der Waals surface area contributed by atoms with Crippen LogP contribution in [0.4, 0.5) is 4.39 Å². The molecule has 2 aromatic rings. The van der Waals surface area contributed by atoms with E-state index in [9.17, 15) is 17.6 Å². The van der Waals surface area contributed by atoms with Gasteiger partial charge in [0, 0.05) is 13.1 Å². The van der Waals surface area contributed by atoms with Crippen LogP contribution in [0.5, 0.6) is 0 Å². The molecule has 7 heteroatoms. The molecule has 27 heavy (non-hydrogen) atoms. The second-order valence-corrected chi connectivity index (χ2v) is 8.09. The first-order chi connectivity index (χ1) is 12.9. The van der Waals surface area contributed by atoms with Gasteiger partial charge in [-0.05, 0) is 36.6 Å². The van der Waals surface area contributed by atoms with Gasteiger partial charge in [-0.25, -0.2) is 12.8 Å². The van der Waals surface area contributed by atoms with Gasteiger partial charge in [-0.3, -0.25) is 4.79 Å². The summed E-state index contributed by atoms with van der Waals surface area (Å²) in [5.41, 5.74) is 2.29. The van der Waals surface area contributed by atoms with Crippen molar-refractivity contribution in [2.45, 2.75) is 24.3 Å². The highest BCUT2D eigenvalue weighted by Gasteiger charge is 2.28. The van der Waals surface area contributed by atoms with E-state index < -0.39 is 26.8 Å². The molecular formula is C20H21FN2O3S. The fourth-order valence-electron chi connectivity index (χ4n) is 3.07. The first kappa shape index (κ1) is 19.3. The van der Waals surface area contributed by atoms with Crippen molar-refractivity contribution in [3.63, 3.8) is 0 Å². The van der Waals surface area contributed by atoms with Crippen molar-refractivity contribution in [3.8, 4) is 0 Å². The average molecular weight is 388 g/mol. The zero-order valence-electron chi connectivity index (χ0n) is 14.9. The van der Waals surface area contributed by atoms with Gasteiger partial charge in [-0.1, -0.05) is 48.5 Å². The van der Waals surface area contributed by atoms with Crippen molar-refractivity contribution >= 4 is 21.5 Å². The number of sulfonamides is 1. The molecule has 5 nitrogen and oxygen atoms in total. The third-order valence-electron chi connectivity index (χ3n) is 4.49. The lowest BCUT2D eigenvalue weighted by Gasteiger charge is -2.29. The number of amides is 1. The minimum absolute atomic E-state index is 0.335. The van der Waals surface area contributed by atoms with Crippen LogP contribution in [-0.2, 0) is 14.8 Å². The summed E-state index contributed by atoms with van der Waals surface area (Å²) < 4.78 is 40.8. The monoisotopic (exact) mass is 388 g/mol. The smallest absolute Gasteiger partial charge is 0.244 e. The number of carbonyl (C=O) groups is 1. The van der Waals surface area contributed by atoms with Gasteiger partial charge in [0.1, 0.15) is 10.7 Å². The van der Waals surface area contributed by atoms with Crippen molar-refractivity contribution < 1.29 is 17.6 Å². The van der Waals surface area contributed by atoms with E-state index in [1.54, 1.807) is 4.90 Å². The Morgan fingerprint density at radius 2 is 1.78 bits per heavy atom. The van der Waals surface area contributed by atoms with E-state index in [1.807, 2.05) is 36.4 Å². The van der Waals surface area contributed by atoms with Gasteiger partial charge in [-0.15, -0.1) is 0 Å². The molecule has 1 N–H and O–H groups in total. The van der Waals surface area contributed by atoms with E-state index in [2.05, 4.69) is 4.72 Å². The van der Waals surface area contributed by atoms with E-state index in [1.165, 1.54) is 30.7 Å². The fraction of sp³-hybridized carbons (Fsp3) is 0.250. The molecule has 3 rings (SSSR count). The van der Waals surface area contributed by atoms with E-state index in [0.29, 0.717) is 19.5 Å². The molecule has 1 unspecified atom stereocenters. The van der Waals surface area contributed by atoms with Gasteiger partial charge >= 0.3 is 0 Å². The van der Waals surface area contributed by atoms with Crippen LogP contribution in [0.1, 0.15) is 18.9 Å². The quantitative estimate of drug-likeness (QED) is 0.857. The summed E-state index contributed by atoms with van der Waals surface area (Å²) in [6.45, 7) is 2.39. The predicted octanol–water partition coefficient (Wildman–Crippen LogP) is 2.81. The summed E-state index contributed by atoms with van der Waals surface area (Å²) in [6.07, 6.45) is 2.68. The highest BCUT2D eigenvalue weighted by molar-refractivity contribution is 7.89. The molecule has 0 saturated heterocycles. The van der Waals surface area contributed by atoms with Gasteiger partial charge in [0.2, 0.25) is 15.9 Å². The molecule has 1 heterocycles. The fourth-order valence-corrected chi connectivity index (χ4v) is 4.34. The Balaban J connectivity index is 1.66. The lowest BCUT2D eigenvalue weighted by atomic mass is 9.99. The minimum Gasteiger partial charge on any atom is -0.337 e. The van der Waals surface area contributed by atoms with Gasteiger partial charge in [0.25, 0.3) is 0 Å². The van der Waals surface area contributed by atoms with Gasteiger partial charge in [0.05, 0.1) is 6.04 Å². The summed E-state index contributed by atoms with van der Waals surface area (Å²) in [5, 5.41) is 0. The first-order valence-corrected chi connectivity index (χ1v) is 10.2. The van der Waals surface area contributed by atoms with E-state index in [4.69, 9.17) is 0 Å². The lowest BCUT2D eigenvalue weighted by Crippen LogP contribution is -2.48. The number of halogens is 1. The molecule has 0 radical (unpaired) electrons. The van der Waals surface area contributed by atoms with E-state index in [-0.39, 0.29) is 5.91 Å². The molecule has 0 aliphatic carbocycles. The molecule has 142 valence electrons. The minimum atomic E-state index is -4.12. The number of hydrogen-bond acceptors (Lipinski definition) is 3. The van der Waals surface area contributed by atoms with Crippen LogP contribution in [0.15, 0.2) is 65.6 Å². The number of rotatable bonds is 5. The van der Waals surface area contributed by atoms with Crippen molar-refractivity contribution in [2.75, 3.05) is 13.1 Å². The SMILES string of the molecule is CC(NS(=O)(=O)c1ccccc1F)C(=O)N1CC=C(c2ccccc2)CC1. The number of hydrogen-bond donors (Lipinski definition) is 1. The van der Waals surface area contributed by atoms with Crippen molar-refractivity contribution in [2.24, 2.45) is 0 Å². The Labute approximate surface area is 158 Å². The molecule has 0 fully saturated rings. The Morgan fingerprint density at radius 3 is 2.41 bits per heavy atom. The van der Waals surface area contributed by atoms with Gasteiger partial charge in [0.15, 0.2) is 0 Å². The van der Waals surface area contributed by atoms with Crippen LogP contribution in [0.3, 0.4) is 0 Å². The zero-order valence-corrected chi connectivity index (χ0v) is 15.7. The average Bonchev–Trinajstić information content (AvgIpc) is 2.68. The number of nitrogens with zero attached hydrogens (tertiary/aromatic N) is 1. The molecule has 0 bridgehead atoms. The Kier molecular flexibility index (Phi) is 5.72. The standard InChI is InChI=1S/C20H21FN2O3S/c1-15(22-27(25,26)19-10-6-5-9-18(19)21)20(24)23-13-11-17(12-14-23)16-7-3-2-4-8-16/h2-11,15,22H,12-14H2,1H3. The molecule has 1 amide bonds. The summed E-state index contributed by atoms with van der Waals surface area (Å²) in [5.74, 6) is -1.18. The summed E-state index contributed by atoms with van der Waals surface area (Å²) >= 11 is 0. The maximum Gasteiger partial charge on any atom is 0.244 e. The van der Waals surface area contributed by atoms with Crippen LogP contribution in [0, 0.1) is 5.82 Å². The second kappa shape index (κ2) is 8.02. The normalized spacial score (nSPS) is 15.9. The molecule has 1 aliphatic heterocycles. The molecule has 1 atom stereocenters. The van der Waals surface area contributed by atoms with Gasteiger partial charge in [-0.2, -0.15) is 4.72 Å². The summed E-state index contributed by atoms with van der Waals surface area (Å²) in [7, 11) is -4.12. The predicted molar refractivity (Wildman–Crippen MR) is 102 cm³/mol. The van der Waals surface area contributed by atoms with Crippen LogP contribution in [0.25, 0.3) is 5.57 Å². The Bertz CT molecular complexity index is 958. The highest BCUT2D eigenvalue weighted by atomic mass is 32.2. The van der Waals surface area contributed by atoms with Crippen molar-refractivity contribution in [3.05, 3.63) is 72.1 Å². The maximum atomic E-state index is 13.8. The zero-order chi connectivity index (χ0) is 19.4. The van der Waals surface area contributed by atoms with Crippen LogP contribution in [0.2, 0.25) is 0 Å². The molecule has 0 aromatic heterocycles. The Morgan fingerprint density at radius 1 is 1.11 bits per heavy atom. The maximum absolute atomic E-state index is 13.8. The highest BCUT2D eigenvalue weighted by Crippen LogP contribution is 2.22. The Hall–Kier alpha value is -2.51.